The Labute approximate surface area is 122 Å². The number of hydrogen-bond donors (Lipinski definition) is 2. The van der Waals surface area contributed by atoms with Crippen LogP contribution in [0.15, 0.2) is 6.20 Å². The van der Waals surface area contributed by atoms with Gasteiger partial charge in [-0.25, -0.2) is 0 Å². The summed E-state index contributed by atoms with van der Waals surface area (Å²) in [6.45, 7) is 7.33. The van der Waals surface area contributed by atoms with Crippen molar-refractivity contribution < 1.29 is 4.74 Å². The van der Waals surface area contributed by atoms with Crippen LogP contribution in [0.4, 0.5) is 0 Å². The predicted octanol–water partition coefficient (Wildman–Crippen LogP) is 1.73. The third-order valence-corrected chi connectivity index (χ3v) is 4.02. The first-order valence-corrected chi connectivity index (χ1v) is 7.61. The fraction of sp³-hybridized carbons (Fsp3) is 0.800. The molecule has 0 saturated carbocycles. The monoisotopic (exact) mass is 280 g/mol. The van der Waals surface area contributed by atoms with Crippen LogP contribution in [-0.4, -0.2) is 54.5 Å². The van der Waals surface area contributed by atoms with Gasteiger partial charge in [0.15, 0.2) is 0 Å². The lowest BCUT2D eigenvalue weighted by Crippen LogP contribution is -2.30. The standard InChI is InChI=1S/C15H28N4O/c1-11-7-13(8-12(2)20-11)15-14(9-17-18-15)10-19(4)6-5-16-3/h9,11-13,16H,5-8,10H2,1-4H3,(H,17,18). The van der Waals surface area contributed by atoms with Gasteiger partial charge in [-0.05, 0) is 40.8 Å². The van der Waals surface area contributed by atoms with Crippen LogP contribution in [0.2, 0.25) is 0 Å². The number of rotatable bonds is 6. The molecule has 0 aliphatic carbocycles. The zero-order valence-corrected chi connectivity index (χ0v) is 13.1. The summed E-state index contributed by atoms with van der Waals surface area (Å²) in [6.07, 6.45) is 4.85. The van der Waals surface area contributed by atoms with E-state index < -0.39 is 0 Å². The van der Waals surface area contributed by atoms with Crippen LogP contribution in [0.5, 0.6) is 0 Å². The van der Waals surface area contributed by atoms with Crippen LogP contribution in [0.25, 0.3) is 0 Å². The van der Waals surface area contributed by atoms with Gasteiger partial charge in [-0.2, -0.15) is 5.10 Å². The molecule has 0 radical (unpaired) electrons. The van der Waals surface area contributed by atoms with E-state index in [1.54, 1.807) is 0 Å². The molecule has 5 heteroatoms. The van der Waals surface area contributed by atoms with Gasteiger partial charge >= 0.3 is 0 Å². The Morgan fingerprint density at radius 2 is 2.10 bits per heavy atom. The van der Waals surface area contributed by atoms with Crippen LogP contribution in [0, 0.1) is 0 Å². The molecule has 1 saturated heterocycles. The van der Waals surface area contributed by atoms with Gasteiger partial charge in [-0.1, -0.05) is 0 Å². The Morgan fingerprint density at radius 1 is 1.40 bits per heavy atom. The zero-order chi connectivity index (χ0) is 14.5. The van der Waals surface area contributed by atoms with Crippen molar-refractivity contribution in [3.63, 3.8) is 0 Å². The highest BCUT2D eigenvalue weighted by atomic mass is 16.5. The maximum absolute atomic E-state index is 5.83. The molecule has 5 nitrogen and oxygen atoms in total. The van der Waals surface area contributed by atoms with E-state index in [1.807, 2.05) is 7.05 Å². The topological polar surface area (TPSA) is 53.2 Å². The van der Waals surface area contributed by atoms with Crippen molar-refractivity contribution in [2.75, 3.05) is 27.2 Å². The first-order chi connectivity index (χ1) is 9.60. The summed E-state index contributed by atoms with van der Waals surface area (Å²) in [4.78, 5) is 2.33. The van der Waals surface area contributed by atoms with E-state index in [4.69, 9.17) is 4.74 Å². The first-order valence-electron chi connectivity index (χ1n) is 7.61. The number of likely N-dealkylation sites (N-methyl/N-ethyl adjacent to an activating group) is 2. The van der Waals surface area contributed by atoms with Gasteiger partial charge in [0, 0.05) is 37.3 Å². The van der Waals surface area contributed by atoms with Crippen molar-refractivity contribution in [2.24, 2.45) is 0 Å². The van der Waals surface area contributed by atoms with Gasteiger partial charge in [0.1, 0.15) is 0 Å². The van der Waals surface area contributed by atoms with Crippen LogP contribution < -0.4 is 5.32 Å². The minimum absolute atomic E-state index is 0.329. The van der Waals surface area contributed by atoms with Crippen LogP contribution >= 0.6 is 0 Å². The van der Waals surface area contributed by atoms with Gasteiger partial charge < -0.3 is 15.0 Å². The Balaban J connectivity index is 2.00. The summed E-state index contributed by atoms with van der Waals surface area (Å²) >= 11 is 0. The highest BCUT2D eigenvalue weighted by Crippen LogP contribution is 2.33. The number of nitrogens with zero attached hydrogens (tertiary/aromatic N) is 2. The van der Waals surface area contributed by atoms with Gasteiger partial charge in [0.05, 0.1) is 17.9 Å². The Morgan fingerprint density at radius 3 is 2.75 bits per heavy atom. The number of aromatic amines is 1. The minimum Gasteiger partial charge on any atom is -0.376 e. The molecule has 2 atom stereocenters. The van der Waals surface area contributed by atoms with E-state index in [2.05, 4.69) is 47.5 Å². The van der Waals surface area contributed by atoms with Crippen molar-refractivity contribution in [2.45, 2.75) is 51.4 Å². The lowest BCUT2D eigenvalue weighted by molar-refractivity contribution is -0.0386. The zero-order valence-electron chi connectivity index (χ0n) is 13.1. The number of ether oxygens (including phenoxy) is 1. The van der Waals surface area contributed by atoms with E-state index in [1.165, 1.54) is 11.3 Å². The second kappa shape index (κ2) is 7.20. The Kier molecular flexibility index (Phi) is 5.57. The number of hydrogen-bond acceptors (Lipinski definition) is 4. The molecule has 1 aliphatic heterocycles. The molecule has 114 valence electrons. The van der Waals surface area contributed by atoms with Gasteiger partial charge in [0.2, 0.25) is 0 Å². The maximum Gasteiger partial charge on any atom is 0.0699 e. The smallest absolute Gasteiger partial charge is 0.0699 e. The number of nitrogens with one attached hydrogen (secondary N) is 2. The van der Waals surface area contributed by atoms with E-state index in [9.17, 15) is 0 Å². The highest BCUT2D eigenvalue weighted by molar-refractivity contribution is 5.21. The number of aromatic nitrogens is 2. The van der Waals surface area contributed by atoms with Crippen molar-refractivity contribution in [3.05, 3.63) is 17.5 Å². The van der Waals surface area contributed by atoms with Crippen molar-refractivity contribution in [1.29, 1.82) is 0 Å². The Bertz CT molecular complexity index is 396. The molecule has 2 heterocycles. The summed E-state index contributed by atoms with van der Waals surface area (Å²) in [7, 11) is 4.14. The van der Waals surface area contributed by atoms with E-state index in [-0.39, 0.29) is 0 Å². The SMILES string of the molecule is CNCCN(C)Cc1c[nH]nc1C1CC(C)OC(C)C1. The van der Waals surface area contributed by atoms with E-state index in [0.29, 0.717) is 18.1 Å². The molecule has 2 unspecified atom stereocenters. The maximum atomic E-state index is 5.83. The lowest BCUT2D eigenvalue weighted by Gasteiger charge is -2.32. The van der Waals surface area contributed by atoms with E-state index >= 15 is 0 Å². The third kappa shape index (κ3) is 4.04. The largest absolute Gasteiger partial charge is 0.376 e. The highest BCUT2D eigenvalue weighted by Gasteiger charge is 2.28. The summed E-state index contributed by atoms with van der Waals surface area (Å²) in [5.41, 5.74) is 2.57. The van der Waals surface area contributed by atoms with Crippen molar-refractivity contribution in [1.82, 2.24) is 20.4 Å². The van der Waals surface area contributed by atoms with Crippen LogP contribution in [0.1, 0.15) is 43.9 Å². The fourth-order valence-electron chi connectivity index (χ4n) is 3.11. The van der Waals surface area contributed by atoms with Crippen molar-refractivity contribution >= 4 is 0 Å². The molecule has 0 spiro atoms. The molecule has 1 aliphatic rings. The molecule has 20 heavy (non-hydrogen) atoms. The normalized spacial score (nSPS) is 27.1. The van der Waals surface area contributed by atoms with Gasteiger partial charge in [0.25, 0.3) is 0 Å². The lowest BCUT2D eigenvalue weighted by atomic mass is 9.88. The van der Waals surface area contributed by atoms with E-state index in [0.717, 1.165) is 32.5 Å². The fourth-order valence-corrected chi connectivity index (χ4v) is 3.11. The number of H-pyrrole nitrogens is 1. The second-order valence-corrected chi connectivity index (χ2v) is 6.06. The van der Waals surface area contributed by atoms with Crippen molar-refractivity contribution in [3.8, 4) is 0 Å². The molecule has 1 aromatic rings. The molecule has 0 aromatic carbocycles. The van der Waals surface area contributed by atoms with Crippen LogP contribution in [-0.2, 0) is 11.3 Å². The molecule has 0 amide bonds. The molecule has 2 N–H and O–H groups in total. The molecule has 1 fully saturated rings. The Hall–Kier alpha value is -0.910. The average molecular weight is 280 g/mol. The summed E-state index contributed by atoms with van der Waals surface area (Å²) < 4.78 is 5.83. The third-order valence-electron chi connectivity index (χ3n) is 4.02. The average Bonchev–Trinajstić information content (AvgIpc) is 2.83. The molecular formula is C15H28N4O. The van der Waals surface area contributed by atoms with Gasteiger partial charge in [-0.15, -0.1) is 0 Å². The predicted molar refractivity (Wildman–Crippen MR) is 80.8 cm³/mol. The van der Waals surface area contributed by atoms with Gasteiger partial charge in [-0.3, -0.25) is 5.10 Å². The molecular weight excluding hydrogens is 252 g/mol. The summed E-state index contributed by atoms with van der Waals surface area (Å²) in [5, 5.41) is 10.8. The molecule has 2 rings (SSSR count). The minimum atomic E-state index is 0.329. The summed E-state index contributed by atoms with van der Waals surface area (Å²) in [5.74, 6) is 0.521. The quantitative estimate of drug-likeness (QED) is 0.833. The molecule has 0 bridgehead atoms. The first kappa shape index (κ1) is 15.5. The second-order valence-electron chi connectivity index (χ2n) is 6.06. The molecule has 1 aromatic heterocycles. The summed E-state index contributed by atoms with van der Waals surface area (Å²) in [6, 6.07) is 0. The van der Waals surface area contributed by atoms with Crippen LogP contribution in [0.3, 0.4) is 0 Å².